The van der Waals surface area contributed by atoms with Crippen LogP contribution in [0.1, 0.15) is 139 Å². The third-order valence-electron chi connectivity index (χ3n) is 10.8. The summed E-state index contributed by atoms with van der Waals surface area (Å²) in [7, 11) is -4.35. The van der Waals surface area contributed by atoms with E-state index in [9.17, 15) is 27.6 Å². The highest BCUT2D eigenvalue weighted by Crippen LogP contribution is 2.35. The SMILES string of the molecule is CCOC(=O)C(CCCCC(N)=O)CN(Cc1ccc(-c2ccccc2S(=O)(=O)NC(=O)Nc2c(C(C)C)cccc2C(C)C)cc1)C(=O)Nc1c(C(C)C)cccc1C(C)C. The van der Waals surface area contributed by atoms with Crippen LogP contribution in [0.3, 0.4) is 0 Å². The average molecular weight is 868 g/mol. The summed E-state index contributed by atoms with van der Waals surface area (Å²) in [5.41, 5.74) is 12.2. The molecule has 5 N–H and O–H groups in total. The highest BCUT2D eigenvalue weighted by molar-refractivity contribution is 7.90. The van der Waals surface area contributed by atoms with Gasteiger partial charge in [0.2, 0.25) is 5.91 Å². The lowest BCUT2D eigenvalue weighted by Gasteiger charge is -2.29. The highest BCUT2D eigenvalue weighted by Gasteiger charge is 2.28. The number of anilines is 2. The predicted molar refractivity (Wildman–Crippen MR) is 248 cm³/mol. The van der Waals surface area contributed by atoms with Crippen molar-refractivity contribution in [2.24, 2.45) is 11.7 Å². The zero-order valence-corrected chi connectivity index (χ0v) is 38.5. The Morgan fingerprint density at radius 1 is 0.677 bits per heavy atom. The molecule has 5 amide bonds. The number of nitrogens with one attached hydrogen (secondary N) is 3. The van der Waals surface area contributed by atoms with E-state index < -0.39 is 39.9 Å². The molecule has 4 aromatic carbocycles. The fourth-order valence-electron chi connectivity index (χ4n) is 7.56. The molecule has 4 aromatic rings. The van der Waals surface area contributed by atoms with Gasteiger partial charge in [-0.3, -0.25) is 9.59 Å². The van der Waals surface area contributed by atoms with Crippen molar-refractivity contribution in [2.45, 2.75) is 123 Å². The number of hydrogen-bond donors (Lipinski definition) is 4. The summed E-state index contributed by atoms with van der Waals surface area (Å²) in [4.78, 5) is 54.1. The quantitative estimate of drug-likeness (QED) is 0.0504. The molecular formula is C49H65N5O7S. The van der Waals surface area contributed by atoms with E-state index >= 15 is 0 Å². The summed E-state index contributed by atoms with van der Waals surface area (Å²) in [6, 6.07) is 24.1. The number of unbranched alkanes of at least 4 members (excludes halogenated alkanes) is 1. The molecular weight excluding hydrogens is 803 g/mol. The van der Waals surface area contributed by atoms with Crippen LogP contribution in [-0.2, 0) is 30.9 Å². The van der Waals surface area contributed by atoms with Crippen LogP contribution in [0.25, 0.3) is 11.1 Å². The Balaban J connectivity index is 1.66. The second-order valence-electron chi connectivity index (χ2n) is 17.0. The van der Waals surface area contributed by atoms with Crippen molar-refractivity contribution in [1.29, 1.82) is 0 Å². The predicted octanol–water partition coefficient (Wildman–Crippen LogP) is 10.6. The molecule has 0 spiro atoms. The number of nitrogens with two attached hydrogens (primary N) is 1. The van der Waals surface area contributed by atoms with E-state index in [1.807, 2.05) is 76.2 Å². The number of para-hydroxylation sites is 2. The van der Waals surface area contributed by atoms with Crippen LogP contribution in [0, 0.1) is 5.92 Å². The lowest BCUT2D eigenvalue weighted by Crippen LogP contribution is -2.41. The zero-order chi connectivity index (χ0) is 45.7. The van der Waals surface area contributed by atoms with Gasteiger partial charge in [0.15, 0.2) is 0 Å². The Labute approximate surface area is 368 Å². The molecule has 0 fully saturated rings. The minimum atomic E-state index is -4.35. The molecule has 12 nitrogen and oxygen atoms in total. The van der Waals surface area contributed by atoms with Gasteiger partial charge in [-0.25, -0.2) is 22.7 Å². The number of ether oxygens (including phenoxy) is 1. The molecule has 0 saturated carbocycles. The second kappa shape index (κ2) is 22.4. The molecule has 1 atom stereocenters. The van der Waals surface area contributed by atoms with Crippen LogP contribution in [0.2, 0.25) is 0 Å². The van der Waals surface area contributed by atoms with Crippen molar-refractivity contribution in [3.8, 4) is 11.1 Å². The van der Waals surface area contributed by atoms with Gasteiger partial charge in [-0.15, -0.1) is 0 Å². The van der Waals surface area contributed by atoms with Gasteiger partial charge >= 0.3 is 18.0 Å². The number of rotatable bonds is 20. The number of esters is 1. The molecule has 4 rings (SSSR count). The maximum atomic E-state index is 14.4. The normalized spacial score (nSPS) is 12.1. The van der Waals surface area contributed by atoms with E-state index in [0.29, 0.717) is 36.1 Å². The first kappa shape index (κ1) is 49.0. The van der Waals surface area contributed by atoms with Crippen molar-refractivity contribution in [2.75, 3.05) is 23.8 Å². The number of urea groups is 2. The van der Waals surface area contributed by atoms with Crippen LogP contribution < -0.4 is 21.1 Å². The van der Waals surface area contributed by atoms with Crippen molar-refractivity contribution < 1.29 is 32.3 Å². The standard InChI is InChI=1S/C49H65N5O7S/c1-10-61-47(56)37(17-11-14-24-44(50)55)30-54(49(58)52-46-40(33(6)7)21-16-22-41(46)34(8)9)29-35-25-27-36(28-26-35)42-18-12-13-23-43(42)62(59,60)53-48(57)51-45-38(31(2)3)19-15-20-39(45)32(4)5/h12-13,15-16,18-23,25-28,31-34,37H,10-11,14,17,24,29-30H2,1-9H3,(H2,50,55)(H,52,58)(H2,51,53,57). The van der Waals surface area contributed by atoms with Gasteiger partial charge in [-0.2, -0.15) is 0 Å². The first-order valence-electron chi connectivity index (χ1n) is 21.6. The van der Waals surface area contributed by atoms with E-state index in [1.165, 1.54) is 6.07 Å². The van der Waals surface area contributed by atoms with E-state index in [0.717, 1.165) is 33.5 Å². The lowest BCUT2D eigenvalue weighted by atomic mass is 9.92. The number of carbonyl (C=O) groups excluding carboxylic acids is 4. The lowest BCUT2D eigenvalue weighted by molar-refractivity contribution is -0.148. The van der Waals surface area contributed by atoms with Crippen molar-refractivity contribution in [3.05, 3.63) is 113 Å². The molecule has 13 heteroatoms. The minimum Gasteiger partial charge on any atom is -0.466 e. The summed E-state index contributed by atoms with van der Waals surface area (Å²) in [6.45, 7) is 18.4. The molecule has 0 aliphatic rings. The molecule has 0 bridgehead atoms. The molecule has 1 unspecified atom stereocenters. The summed E-state index contributed by atoms with van der Waals surface area (Å²) in [5, 5.41) is 6.02. The Morgan fingerprint density at radius 2 is 1.19 bits per heavy atom. The highest BCUT2D eigenvalue weighted by atomic mass is 32.2. The fourth-order valence-corrected chi connectivity index (χ4v) is 8.70. The molecule has 0 heterocycles. The van der Waals surface area contributed by atoms with Crippen LogP contribution in [0.5, 0.6) is 0 Å². The van der Waals surface area contributed by atoms with E-state index in [2.05, 4.69) is 43.1 Å². The Morgan fingerprint density at radius 3 is 1.69 bits per heavy atom. The van der Waals surface area contributed by atoms with Crippen LogP contribution in [0.4, 0.5) is 21.0 Å². The molecule has 0 radical (unpaired) electrons. The fraction of sp³-hybridized carbons (Fsp3) is 0.429. The monoisotopic (exact) mass is 867 g/mol. The van der Waals surface area contributed by atoms with Gasteiger partial charge in [0, 0.05) is 36.4 Å². The Bertz CT molecular complexity index is 2240. The number of carbonyl (C=O) groups is 4. The molecule has 0 saturated heterocycles. The van der Waals surface area contributed by atoms with Crippen molar-refractivity contribution >= 4 is 45.3 Å². The van der Waals surface area contributed by atoms with Crippen molar-refractivity contribution in [3.63, 3.8) is 0 Å². The Hall–Kier alpha value is -5.69. The minimum absolute atomic E-state index is 0.0406. The van der Waals surface area contributed by atoms with Gasteiger partial charge in [-0.1, -0.05) is 141 Å². The summed E-state index contributed by atoms with van der Waals surface area (Å²) in [6.07, 6.45) is 1.61. The number of sulfonamides is 1. The molecule has 334 valence electrons. The average Bonchev–Trinajstić information content (AvgIpc) is 3.21. The molecule has 0 aliphatic heterocycles. The number of benzene rings is 4. The van der Waals surface area contributed by atoms with E-state index in [4.69, 9.17) is 10.5 Å². The Kier molecular flexibility index (Phi) is 17.7. The first-order valence-corrected chi connectivity index (χ1v) is 23.1. The maximum Gasteiger partial charge on any atom is 0.333 e. The molecule has 0 aliphatic carbocycles. The van der Waals surface area contributed by atoms with Crippen LogP contribution in [0.15, 0.2) is 89.8 Å². The molecule has 0 aromatic heterocycles. The number of primary amides is 1. The smallest absolute Gasteiger partial charge is 0.333 e. The molecule has 62 heavy (non-hydrogen) atoms. The van der Waals surface area contributed by atoms with Crippen molar-refractivity contribution in [1.82, 2.24) is 9.62 Å². The van der Waals surface area contributed by atoms with Gasteiger partial charge in [0.05, 0.1) is 17.4 Å². The summed E-state index contributed by atoms with van der Waals surface area (Å²) in [5.74, 6) is -1.11. The van der Waals surface area contributed by atoms with E-state index in [1.54, 1.807) is 42.2 Å². The topological polar surface area (TPSA) is 177 Å². The number of nitrogens with zero attached hydrogens (tertiary/aromatic N) is 1. The maximum absolute atomic E-state index is 14.4. The van der Waals surface area contributed by atoms with E-state index in [-0.39, 0.29) is 54.7 Å². The largest absolute Gasteiger partial charge is 0.466 e. The zero-order valence-electron chi connectivity index (χ0n) is 37.7. The summed E-state index contributed by atoms with van der Waals surface area (Å²) < 4.78 is 35.4. The van der Waals surface area contributed by atoms with Gasteiger partial charge in [-0.05, 0) is 82.9 Å². The second-order valence-corrected chi connectivity index (χ2v) is 18.6. The number of amides is 5. The summed E-state index contributed by atoms with van der Waals surface area (Å²) >= 11 is 0. The number of hydrogen-bond acceptors (Lipinski definition) is 7. The van der Waals surface area contributed by atoms with Crippen LogP contribution in [-0.4, -0.2) is 50.4 Å². The van der Waals surface area contributed by atoms with Gasteiger partial charge < -0.3 is 26.0 Å². The first-order chi connectivity index (χ1) is 29.3. The van der Waals surface area contributed by atoms with Gasteiger partial charge in [0.25, 0.3) is 10.0 Å². The van der Waals surface area contributed by atoms with Crippen LogP contribution >= 0.6 is 0 Å². The van der Waals surface area contributed by atoms with Gasteiger partial charge in [0.1, 0.15) is 0 Å². The third kappa shape index (κ3) is 13.2. The third-order valence-corrected chi connectivity index (χ3v) is 12.2.